The van der Waals surface area contributed by atoms with Gasteiger partial charge < -0.3 is 9.47 Å². The second kappa shape index (κ2) is 6.97. The number of nitro benzene ring substituents is 1. The maximum absolute atomic E-state index is 13.2. The van der Waals surface area contributed by atoms with Crippen LogP contribution in [0.1, 0.15) is 16.7 Å². The second-order valence-corrected chi connectivity index (χ2v) is 6.07. The first kappa shape index (κ1) is 15.8. The van der Waals surface area contributed by atoms with Gasteiger partial charge in [0.25, 0.3) is 5.69 Å². The molecule has 2 aromatic carbocycles. The molecule has 0 aliphatic carbocycles. The number of hydrogen-bond acceptors (Lipinski definition) is 5. The molecule has 1 aliphatic heterocycles. The predicted molar refractivity (Wildman–Crippen MR) is 84.8 cm³/mol. The number of nitro groups is 1. The number of nitrogens with zero attached hydrogens (tertiary/aromatic N) is 1. The normalized spacial score (nSPS) is 13.3. The molecule has 7 heteroatoms. The Labute approximate surface area is 136 Å². The highest BCUT2D eigenvalue weighted by atomic mass is 32.2. The lowest BCUT2D eigenvalue weighted by Gasteiger charge is -2.20. The van der Waals surface area contributed by atoms with Gasteiger partial charge in [0, 0.05) is 34.8 Å². The summed E-state index contributed by atoms with van der Waals surface area (Å²) in [5.41, 5.74) is 2.35. The molecule has 1 aliphatic rings. The largest absolute Gasteiger partial charge is 0.467 e. The van der Waals surface area contributed by atoms with E-state index in [1.165, 1.54) is 24.3 Å². The number of non-ortho nitro benzene ring substituents is 1. The van der Waals surface area contributed by atoms with E-state index in [2.05, 4.69) is 0 Å². The highest BCUT2D eigenvalue weighted by molar-refractivity contribution is 7.97. The molecule has 0 fully saturated rings. The zero-order valence-electron chi connectivity index (χ0n) is 12.2. The van der Waals surface area contributed by atoms with Gasteiger partial charge in [0.1, 0.15) is 11.6 Å². The van der Waals surface area contributed by atoms with Gasteiger partial charge >= 0.3 is 0 Å². The van der Waals surface area contributed by atoms with Gasteiger partial charge in [-0.05, 0) is 17.7 Å². The van der Waals surface area contributed by atoms with Crippen LogP contribution in [0.5, 0.6) is 5.75 Å². The third-order valence-electron chi connectivity index (χ3n) is 3.40. The van der Waals surface area contributed by atoms with E-state index in [-0.39, 0.29) is 18.3 Å². The van der Waals surface area contributed by atoms with Gasteiger partial charge in [-0.1, -0.05) is 12.1 Å². The third-order valence-corrected chi connectivity index (χ3v) is 4.45. The quantitative estimate of drug-likeness (QED) is 0.610. The molecule has 23 heavy (non-hydrogen) atoms. The van der Waals surface area contributed by atoms with E-state index in [1.54, 1.807) is 17.8 Å². The van der Waals surface area contributed by atoms with Crippen molar-refractivity contribution in [3.05, 3.63) is 69.0 Å². The molecule has 120 valence electrons. The SMILES string of the molecule is O=[N+]([O-])c1cc2c(c(CSCc3cccc(F)c3)c1)OCOC2. The zero-order chi connectivity index (χ0) is 16.2. The highest BCUT2D eigenvalue weighted by Gasteiger charge is 2.20. The van der Waals surface area contributed by atoms with Gasteiger partial charge in [-0.2, -0.15) is 11.8 Å². The van der Waals surface area contributed by atoms with Crippen molar-refractivity contribution >= 4 is 17.4 Å². The van der Waals surface area contributed by atoms with E-state index in [9.17, 15) is 14.5 Å². The Bertz CT molecular complexity index is 738. The van der Waals surface area contributed by atoms with Crippen LogP contribution in [-0.2, 0) is 22.8 Å². The summed E-state index contributed by atoms with van der Waals surface area (Å²) >= 11 is 1.55. The molecule has 0 unspecified atom stereocenters. The van der Waals surface area contributed by atoms with E-state index < -0.39 is 4.92 Å². The Morgan fingerprint density at radius 1 is 1.26 bits per heavy atom. The molecule has 0 spiro atoms. The number of rotatable bonds is 5. The van der Waals surface area contributed by atoms with E-state index >= 15 is 0 Å². The summed E-state index contributed by atoms with van der Waals surface area (Å²) in [7, 11) is 0. The van der Waals surface area contributed by atoms with Crippen molar-refractivity contribution in [2.45, 2.75) is 18.1 Å². The number of thioether (sulfide) groups is 1. The monoisotopic (exact) mass is 335 g/mol. The molecular weight excluding hydrogens is 321 g/mol. The molecule has 0 saturated heterocycles. The van der Waals surface area contributed by atoms with Gasteiger partial charge in [-0.25, -0.2) is 4.39 Å². The highest BCUT2D eigenvalue weighted by Crippen LogP contribution is 2.35. The minimum absolute atomic E-state index is 0.0270. The van der Waals surface area contributed by atoms with Crippen molar-refractivity contribution in [1.29, 1.82) is 0 Å². The third kappa shape index (κ3) is 3.80. The molecule has 2 aromatic rings. The molecule has 0 amide bonds. The minimum atomic E-state index is -0.421. The summed E-state index contributed by atoms with van der Waals surface area (Å²) in [6, 6.07) is 9.42. The minimum Gasteiger partial charge on any atom is -0.467 e. The van der Waals surface area contributed by atoms with E-state index in [0.29, 0.717) is 29.4 Å². The lowest BCUT2D eigenvalue weighted by Crippen LogP contribution is -2.13. The molecule has 0 N–H and O–H groups in total. The first-order valence-electron chi connectivity index (χ1n) is 6.96. The number of fused-ring (bicyclic) bond motifs is 1. The second-order valence-electron chi connectivity index (χ2n) is 5.08. The number of benzene rings is 2. The van der Waals surface area contributed by atoms with Gasteiger partial charge in [0.15, 0.2) is 6.79 Å². The van der Waals surface area contributed by atoms with Crippen molar-refractivity contribution in [1.82, 2.24) is 0 Å². The molecule has 0 aromatic heterocycles. The van der Waals surface area contributed by atoms with Crippen LogP contribution in [0.3, 0.4) is 0 Å². The standard InChI is InChI=1S/C16H14FNO4S/c17-14-3-1-2-11(4-14)8-23-9-13-6-15(18(19)20)5-12-7-21-10-22-16(12)13/h1-6H,7-10H2. The van der Waals surface area contributed by atoms with Crippen molar-refractivity contribution in [2.75, 3.05) is 6.79 Å². The molecule has 3 rings (SSSR count). The van der Waals surface area contributed by atoms with Gasteiger partial charge in [0.2, 0.25) is 0 Å². The Morgan fingerprint density at radius 3 is 2.91 bits per heavy atom. The van der Waals surface area contributed by atoms with Gasteiger partial charge in [-0.3, -0.25) is 10.1 Å². The fourth-order valence-electron chi connectivity index (χ4n) is 2.40. The molecule has 5 nitrogen and oxygen atoms in total. The van der Waals surface area contributed by atoms with E-state index in [1.807, 2.05) is 6.07 Å². The Balaban J connectivity index is 1.76. The molecule has 0 atom stereocenters. The maximum Gasteiger partial charge on any atom is 0.270 e. The van der Waals surface area contributed by atoms with Gasteiger partial charge in [0.05, 0.1) is 11.5 Å². The zero-order valence-corrected chi connectivity index (χ0v) is 13.0. The summed E-state index contributed by atoms with van der Waals surface area (Å²) in [5.74, 6) is 1.55. The molecule has 0 radical (unpaired) electrons. The summed E-state index contributed by atoms with van der Waals surface area (Å²) in [4.78, 5) is 10.6. The van der Waals surface area contributed by atoms with E-state index in [4.69, 9.17) is 9.47 Å². The predicted octanol–water partition coefficient (Wildman–Crippen LogP) is 4.03. The van der Waals surface area contributed by atoms with Crippen LogP contribution in [0.2, 0.25) is 0 Å². The van der Waals surface area contributed by atoms with Crippen molar-refractivity contribution in [2.24, 2.45) is 0 Å². The Kier molecular flexibility index (Phi) is 4.78. The Hall–Kier alpha value is -2.12. The molecular formula is C16H14FNO4S. The van der Waals surface area contributed by atoms with E-state index in [0.717, 1.165) is 11.1 Å². The van der Waals surface area contributed by atoms with Crippen LogP contribution >= 0.6 is 11.8 Å². The Morgan fingerprint density at radius 2 is 2.13 bits per heavy atom. The lowest BCUT2D eigenvalue weighted by atomic mass is 10.1. The molecule has 0 saturated carbocycles. The topological polar surface area (TPSA) is 61.6 Å². The lowest BCUT2D eigenvalue weighted by molar-refractivity contribution is -0.385. The van der Waals surface area contributed by atoms with Gasteiger partial charge in [-0.15, -0.1) is 0 Å². The average Bonchev–Trinajstić information content (AvgIpc) is 2.54. The van der Waals surface area contributed by atoms with Crippen molar-refractivity contribution in [3.8, 4) is 5.75 Å². The van der Waals surface area contributed by atoms with Crippen LogP contribution in [0.15, 0.2) is 36.4 Å². The summed E-state index contributed by atoms with van der Waals surface area (Å²) in [6.45, 7) is 0.449. The fraction of sp³-hybridized carbons (Fsp3) is 0.250. The van der Waals surface area contributed by atoms with Crippen LogP contribution in [0.4, 0.5) is 10.1 Å². The van der Waals surface area contributed by atoms with Crippen LogP contribution in [0.25, 0.3) is 0 Å². The van der Waals surface area contributed by atoms with Crippen molar-refractivity contribution in [3.63, 3.8) is 0 Å². The first-order valence-corrected chi connectivity index (χ1v) is 8.12. The first-order chi connectivity index (χ1) is 11.1. The average molecular weight is 335 g/mol. The number of halogens is 1. The summed E-state index contributed by atoms with van der Waals surface area (Å²) in [6.07, 6.45) is 0. The maximum atomic E-state index is 13.2. The fourth-order valence-corrected chi connectivity index (χ4v) is 3.35. The summed E-state index contributed by atoms with van der Waals surface area (Å²) < 4.78 is 23.8. The van der Waals surface area contributed by atoms with Crippen LogP contribution in [0, 0.1) is 15.9 Å². The molecule has 1 heterocycles. The smallest absolute Gasteiger partial charge is 0.270 e. The van der Waals surface area contributed by atoms with Crippen molar-refractivity contribution < 1.29 is 18.8 Å². The van der Waals surface area contributed by atoms with Crippen LogP contribution < -0.4 is 4.74 Å². The number of ether oxygens (including phenoxy) is 2. The number of hydrogen-bond donors (Lipinski definition) is 0. The molecule has 0 bridgehead atoms. The van der Waals surface area contributed by atoms with Crippen LogP contribution in [-0.4, -0.2) is 11.7 Å². The summed E-state index contributed by atoms with van der Waals surface area (Å²) in [5, 5.41) is 11.0.